The van der Waals surface area contributed by atoms with Gasteiger partial charge in [-0.3, -0.25) is 0 Å². The Balaban J connectivity index is 2.66. The van der Waals surface area contributed by atoms with Crippen molar-refractivity contribution < 1.29 is 4.39 Å². The molecule has 60 valence electrons. The number of hydrogen-bond donors (Lipinski definition) is 0. The second kappa shape index (κ2) is 3.87. The SMILES string of the molecule is FC(Br)(Br)Sc1ccccn1. The van der Waals surface area contributed by atoms with E-state index in [1.165, 1.54) is 0 Å². The third-order valence-corrected chi connectivity index (χ3v) is 2.51. The van der Waals surface area contributed by atoms with Crippen molar-refractivity contribution >= 4 is 43.6 Å². The van der Waals surface area contributed by atoms with Crippen LogP contribution in [0, 0.1) is 0 Å². The maximum absolute atomic E-state index is 12.8. The molecule has 1 rings (SSSR count). The molecule has 0 saturated carbocycles. The van der Waals surface area contributed by atoms with Crippen LogP contribution < -0.4 is 0 Å². The summed E-state index contributed by atoms with van der Waals surface area (Å²) in [6.45, 7) is 0. The van der Waals surface area contributed by atoms with Gasteiger partial charge in [0, 0.05) is 6.20 Å². The van der Waals surface area contributed by atoms with Crippen molar-refractivity contribution in [2.24, 2.45) is 0 Å². The summed E-state index contributed by atoms with van der Waals surface area (Å²) in [5.41, 5.74) is 0. The molecule has 0 aliphatic rings. The van der Waals surface area contributed by atoms with Crippen LogP contribution >= 0.6 is 43.6 Å². The van der Waals surface area contributed by atoms with E-state index in [9.17, 15) is 4.39 Å². The quantitative estimate of drug-likeness (QED) is 0.612. The molecule has 0 N–H and O–H groups in total. The van der Waals surface area contributed by atoms with Crippen molar-refractivity contribution in [1.29, 1.82) is 0 Å². The first-order valence-electron chi connectivity index (χ1n) is 2.75. The Morgan fingerprint density at radius 2 is 2.18 bits per heavy atom. The lowest BCUT2D eigenvalue weighted by Crippen LogP contribution is -1.93. The van der Waals surface area contributed by atoms with Gasteiger partial charge in [0.2, 0.25) is 0 Å². The average molecular weight is 301 g/mol. The number of rotatable bonds is 2. The van der Waals surface area contributed by atoms with Gasteiger partial charge in [-0.15, -0.1) is 0 Å². The maximum atomic E-state index is 12.8. The first-order valence-corrected chi connectivity index (χ1v) is 5.15. The van der Waals surface area contributed by atoms with Gasteiger partial charge >= 0.3 is 0 Å². The lowest BCUT2D eigenvalue weighted by Gasteiger charge is -2.06. The molecule has 1 aromatic heterocycles. The zero-order valence-electron chi connectivity index (χ0n) is 5.30. The van der Waals surface area contributed by atoms with Crippen molar-refractivity contribution in [3.05, 3.63) is 24.4 Å². The summed E-state index contributed by atoms with van der Waals surface area (Å²) in [5.74, 6) is 0. The van der Waals surface area contributed by atoms with Crippen LogP contribution in [-0.2, 0) is 0 Å². The average Bonchev–Trinajstić information content (AvgIpc) is 1.85. The van der Waals surface area contributed by atoms with E-state index in [0.29, 0.717) is 5.03 Å². The van der Waals surface area contributed by atoms with Gasteiger partial charge in [-0.2, -0.15) is 0 Å². The van der Waals surface area contributed by atoms with Crippen molar-refractivity contribution in [3.63, 3.8) is 0 Å². The van der Waals surface area contributed by atoms with E-state index in [1.54, 1.807) is 24.4 Å². The highest BCUT2D eigenvalue weighted by molar-refractivity contribution is 9.28. The topological polar surface area (TPSA) is 12.9 Å². The molecule has 0 aliphatic heterocycles. The molecule has 0 amide bonds. The predicted molar refractivity (Wildman–Crippen MR) is 51.8 cm³/mol. The minimum absolute atomic E-state index is 0.628. The number of thioether (sulfide) groups is 1. The first-order chi connectivity index (χ1) is 5.08. The Hall–Kier alpha value is 0.390. The fraction of sp³-hybridized carbons (Fsp3) is 0.167. The number of halogens is 3. The Kier molecular flexibility index (Phi) is 3.33. The normalized spacial score (nSPS) is 11.5. The van der Waals surface area contributed by atoms with Crippen LogP contribution in [0.15, 0.2) is 29.4 Å². The van der Waals surface area contributed by atoms with Crippen LogP contribution in [0.3, 0.4) is 0 Å². The van der Waals surface area contributed by atoms with Crippen molar-refractivity contribution in [3.8, 4) is 0 Å². The minimum atomic E-state index is -1.62. The van der Waals surface area contributed by atoms with E-state index >= 15 is 0 Å². The fourth-order valence-electron chi connectivity index (χ4n) is 0.526. The fourth-order valence-corrected chi connectivity index (χ4v) is 2.02. The molecule has 0 radical (unpaired) electrons. The molecule has 0 unspecified atom stereocenters. The number of alkyl halides is 3. The molecule has 1 aromatic rings. The molecule has 5 heteroatoms. The second-order valence-corrected chi connectivity index (χ2v) is 7.20. The van der Waals surface area contributed by atoms with Crippen LogP contribution in [0.1, 0.15) is 0 Å². The molecule has 1 nitrogen and oxygen atoms in total. The number of nitrogens with zero attached hydrogens (tertiary/aromatic N) is 1. The maximum Gasteiger partial charge on any atom is 0.270 e. The zero-order chi connectivity index (χ0) is 8.32. The van der Waals surface area contributed by atoms with Gasteiger partial charge in [0.1, 0.15) is 5.03 Å². The highest BCUT2D eigenvalue weighted by atomic mass is 79.9. The van der Waals surface area contributed by atoms with Crippen LogP contribution in [0.2, 0.25) is 0 Å². The van der Waals surface area contributed by atoms with Crippen molar-refractivity contribution in [1.82, 2.24) is 4.98 Å². The highest BCUT2D eigenvalue weighted by Gasteiger charge is 2.22. The molecule has 0 spiro atoms. The standard InChI is InChI=1S/C6H4Br2FNS/c7-6(8,9)11-5-3-1-2-4-10-5/h1-4H. The van der Waals surface area contributed by atoms with Crippen LogP contribution in [-0.4, -0.2) is 7.80 Å². The number of pyridine rings is 1. The van der Waals surface area contributed by atoms with E-state index in [1.807, 2.05) is 0 Å². The van der Waals surface area contributed by atoms with Crippen LogP contribution in [0.4, 0.5) is 4.39 Å². The molecule has 0 aliphatic carbocycles. The van der Waals surface area contributed by atoms with E-state index in [0.717, 1.165) is 11.8 Å². The van der Waals surface area contributed by atoms with E-state index in [-0.39, 0.29) is 0 Å². The Morgan fingerprint density at radius 3 is 2.64 bits per heavy atom. The van der Waals surface area contributed by atoms with E-state index in [4.69, 9.17) is 0 Å². The molecule has 0 saturated heterocycles. The molecule has 1 heterocycles. The monoisotopic (exact) mass is 299 g/mol. The summed E-state index contributed by atoms with van der Waals surface area (Å²) in [6.07, 6.45) is 1.62. The van der Waals surface area contributed by atoms with Crippen molar-refractivity contribution in [2.45, 2.75) is 7.85 Å². The molecule has 0 fully saturated rings. The van der Waals surface area contributed by atoms with E-state index in [2.05, 4.69) is 36.8 Å². The van der Waals surface area contributed by atoms with E-state index < -0.39 is 2.82 Å². The second-order valence-electron chi connectivity index (χ2n) is 1.72. The molecular weight excluding hydrogens is 297 g/mol. The predicted octanol–water partition coefficient (Wildman–Crippen LogP) is 3.54. The summed E-state index contributed by atoms with van der Waals surface area (Å²) in [5, 5.41) is 0.628. The highest BCUT2D eigenvalue weighted by Crippen LogP contribution is 2.43. The summed E-state index contributed by atoms with van der Waals surface area (Å²) in [6, 6.07) is 5.33. The molecule has 0 bridgehead atoms. The third-order valence-electron chi connectivity index (χ3n) is 0.858. The summed E-state index contributed by atoms with van der Waals surface area (Å²) >= 11 is 6.53. The van der Waals surface area contributed by atoms with Gasteiger partial charge in [-0.05, 0) is 55.8 Å². The van der Waals surface area contributed by atoms with Gasteiger partial charge in [0.05, 0.1) is 0 Å². The smallest absolute Gasteiger partial charge is 0.250 e. The summed E-state index contributed by atoms with van der Waals surface area (Å²) < 4.78 is 11.2. The molecule has 11 heavy (non-hydrogen) atoms. The van der Waals surface area contributed by atoms with Gasteiger partial charge in [0.15, 0.2) is 0 Å². The zero-order valence-corrected chi connectivity index (χ0v) is 9.29. The summed E-state index contributed by atoms with van der Waals surface area (Å²) in [4.78, 5) is 3.93. The lowest BCUT2D eigenvalue weighted by atomic mass is 10.5. The Morgan fingerprint density at radius 1 is 1.45 bits per heavy atom. The van der Waals surface area contributed by atoms with Gasteiger partial charge in [-0.1, -0.05) is 6.07 Å². The lowest BCUT2D eigenvalue weighted by molar-refractivity contribution is 0.548. The van der Waals surface area contributed by atoms with Gasteiger partial charge < -0.3 is 0 Å². The molecular formula is C6H4Br2FNS. The largest absolute Gasteiger partial charge is 0.270 e. The Labute approximate surface area is 85.0 Å². The summed E-state index contributed by atoms with van der Waals surface area (Å²) in [7, 11) is 0. The Bertz CT molecular complexity index is 224. The minimum Gasteiger partial charge on any atom is -0.250 e. The van der Waals surface area contributed by atoms with Gasteiger partial charge in [-0.25, -0.2) is 9.37 Å². The van der Waals surface area contributed by atoms with Crippen LogP contribution in [0.25, 0.3) is 0 Å². The first kappa shape index (κ1) is 9.48. The molecule has 0 atom stereocenters. The number of hydrogen-bond acceptors (Lipinski definition) is 2. The third kappa shape index (κ3) is 4.08. The van der Waals surface area contributed by atoms with Gasteiger partial charge in [0.25, 0.3) is 2.82 Å². The number of aromatic nitrogens is 1. The van der Waals surface area contributed by atoms with Crippen LogP contribution in [0.5, 0.6) is 0 Å². The molecule has 0 aromatic carbocycles. The van der Waals surface area contributed by atoms with Crippen molar-refractivity contribution in [2.75, 3.05) is 0 Å².